The zero-order valence-corrected chi connectivity index (χ0v) is 7.93. The second-order valence-corrected chi connectivity index (χ2v) is 3.74. The summed E-state index contributed by atoms with van der Waals surface area (Å²) in [7, 11) is 0. The van der Waals surface area contributed by atoms with Crippen LogP contribution in [0.3, 0.4) is 0 Å². The quantitative estimate of drug-likeness (QED) is 0.754. The van der Waals surface area contributed by atoms with E-state index in [2.05, 4.69) is 22.2 Å². The average molecular weight is 200 g/mol. The van der Waals surface area contributed by atoms with Gasteiger partial charge in [0.15, 0.2) is 5.82 Å². The highest BCUT2D eigenvalue weighted by molar-refractivity contribution is 6.32. The molecule has 2 N–H and O–H groups in total. The molecule has 1 fully saturated rings. The molecule has 1 aliphatic rings. The number of anilines is 1. The lowest BCUT2D eigenvalue weighted by Gasteiger charge is -2.03. The third-order valence-corrected chi connectivity index (χ3v) is 2.58. The predicted octanol–water partition coefficient (Wildman–Crippen LogP) is 1.24. The van der Waals surface area contributed by atoms with Gasteiger partial charge in [-0.1, -0.05) is 18.5 Å². The van der Waals surface area contributed by atoms with E-state index in [1.807, 2.05) is 0 Å². The van der Waals surface area contributed by atoms with Gasteiger partial charge in [-0.05, 0) is 12.3 Å². The first kappa shape index (κ1) is 8.56. The maximum atomic E-state index is 11.1. The highest BCUT2D eigenvalue weighted by Crippen LogP contribution is 2.32. The number of aromatic nitrogens is 2. The molecule has 1 heterocycles. The Balaban J connectivity index is 2.20. The summed E-state index contributed by atoms with van der Waals surface area (Å²) in [6, 6.07) is 0.423. The van der Waals surface area contributed by atoms with Gasteiger partial charge in [0.05, 0.1) is 6.33 Å². The molecule has 70 valence electrons. The topological polar surface area (TPSA) is 57.8 Å². The molecule has 1 aliphatic carbocycles. The van der Waals surface area contributed by atoms with Gasteiger partial charge in [-0.2, -0.15) is 0 Å². The summed E-state index contributed by atoms with van der Waals surface area (Å²) >= 11 is 5.74. The Morgan fingerprint density at radius 3 is 3.08 bits per heavy atom. The molecular weight excluding hydrogens is 190 g/mol. The Kier molecular flexibility index (Phi) is 2.00. The molecule has 0 amide bonds. The van der Waals surface area contributed by atoms with E-state index in [4.69, 9.17) is 11.6 Å². The van der Waals surface area contributed by atoms with Crippen LogP contribution in [-0.4, -0.2) is 16.0 Å². The summed E-state index contributed by atoms with van der Waals surface area (Å²) in [5.41, 5.74) is -0.299. The van der Waals surface area contributed by atoms with E-state index in [0.717, 1.165) is 6.42 Å². The molecule has 0 saturated heterocycles. The van der Waals surface area contributed by atoms with Crippen molar-refractivity contribution in [2.45, 2.75) is 19.4 Å². The number of halogens is 1. The molecule has 1 saturated carbocycles. The van der Waals surface area contributed by atoms with Gasteiger partial charge in [0, 0.05) is 6.04 Å². The summed E-state index contributed by atoms with van der Waals surface area (Å²) in [4.78, 5) is 17.4. The van der Waals surface area contributed by atoms with Gasteiger partial charge in [-0.3, -0.25) is 4.79 Å². The van der Waals surface area contributed by atoms with Crippen molar-refractivity contribution in [1.82, 2.24) is 9.97 Å². The molecule has 13 heavy (non-hydrogen) atoms. The maximum Gasteiger partial charge on any atom is 0.271 e. The van der Waals surface area contributed by atoms with Crippen molar-refractivity contribution in [3.05, 3.63) is 21.7 Å². The van der Waals surface area contributed by atoms with Crippen molar-refractivity contribution >= 4 is 17.4 Å². The minimum atomic E-state index is -0.299. The second-order valence-electron chi connectivity index (χ2n) is 3.36. The summed E-state index contributed by atoms with van der Waals surface area (Å²) in [6.07, 6.45) is 2.47. The van der Waals surface area contributed by atoms with E-state index in [1.54, 1.807) is 0 Å². The summed E-state index contributed by atoms with van der Waals surface area (Å²) < 4.78 is 0. The lowest BCUT2D eigenvalue weighted by molar-refractivity contribution is 0.920. The number of nitrogens with zero attached hydrogens (tertiary/aromatic N) is 1. The fraction of sp³-hybridized carbons (Fsp3) is 0.500. The molecule has 2 unspecified atom stereocenters. The van der Waals surface area contributed by atoms with Crippen LogP contribution >= 0.6 is 11.6 Å². The zero-order valence-electron chi connectivity index (χ0n) is 7.17. The normalized spacial score (nSPS) is 25.7. The number of rotatable bonds is 2. The molecular formula is C8H10ClN3O. The number of nitrogens with one attached hydrogen (secondary N) is 2. The van der Waals surface area contributed by atoms with Crippen molar-refractivity contribution in [1.29, 1.82) is 0 Å². The average Bonchev–Trinajstić information content (AvgIpc) is 2.77. The van der Waals surface area contributed by atoms with Gasteiger partial charge in [-0.25, -0.2) is 4.98 Å². The molecule has 2 rings (SSSR count). The van der Waals surface area contributed by atoms with E-state index in [-0.39, 0.29) is 10.6 Å². The van der Waals surface area contributed by atoms with Crippen LogP contribution in [-0.2, 0) is 0 Å². The Hall–Kier alpha value is -1.03. The third-order valence-electron chi connectivity index (χ3n) is 2.23. The molecule has 0 radical (unpaired) electrons. The smallest absolute Gasteiger partial charge is 0.271 e. The monoisotopic (exact) mass is 199 g/mol. The minimum absolute atomic E-state index is 0.140. The summed E-state index contributed by atoms with van der Waals surface area (Å²) in [5.74, 6) is 1.14. The number of aromatic amines is 1. The molecule has 2 atom stereocenters. The fourth-order valence-electron chi connectivity index (χ4n) is 1.18. The van der Waals surface area contributed by atoms with Crippen LogP contribution in [0, 0.1) is 5.92 Å². The first-order chi connectivity index (χ1) is 6.18. The van der Waals surface area contributed by atoms with Gasteiger partial charge >= 0.3 is 0 Å². The summed E-state index contributed by atoms with van der Waals surface area (Å²) in [5, 5.41) is 3.25. The molecule has 0 aliphatic heterocycles. The predicted molar refractivity (Wildman–Crippen MR) is 51.1 cm³/mol. The van der Waals surface area contributed by atoms with E-state index >= 15 is 0 Å². The molecule has 1 aromatic rings. The lowest BCUT2D eigenvalue weighted by Crippen LogP contribution is -2.13. The van der Waals surface area contributed by atoms with Crippen molar-refractivity contribution in [3.8, 4) is 0 Å². The first-order valence-electron chi connectivity index (χ1n) is 4.18. The van der Waals surface area contributed by atoms with Crippen LogP contribution in [0.15, 0.2) is 11.1 Å². The largest absolute Gasteiger partial charge is 0.366 e. The highest BCUT2D eigenvalue weighted by atomic mass is 35.5. The van der Waals surface area contributed by atoms with Crippen molar-refractivity contribution in [2.24, 2.45) is 5.92 Å². The molecule has 4 nitrogen and oxygen atoms in total. The Morgan fingerprint density at radius 1 is 1.77 bits per heavy atom. The van der Waals surface area contributed by atoms with Crippen LogP contribution in [0.25, 0.3) is 0 Å². The van der Waals surface area contributed by atoms with E-state index in [0.29, 0.717) is 17.8 Å². The van der Waals surface area contributed by atoms with Gasteiger partial charge < -0.3 is 10.3 Å². The fourth-order valence-corrected chi connectivity index (χ4v) is 1.34. The second kappa shape index (κ2) is 3.03. The highest BCUT2D eigenvalue weighted by Gasteiger charge is 2.33. The lowest BCUT2D eigenvalue weighted by atomic mass is 10.4. The van der Waals surface area contributed by atoms with Crippen molar-refractivity contribution in [2.75, 3.05) is 5.32 Å². The molecule has 5 heteroatoms. The Morgan fingerprint density at radius 2 is 2.46 bits per heavy atom. The van der Waals surface area contributed by atoms with Crippen LogP contribution in [0.4, 0.5) is 5.82 Å². The van der Waals surface area contributed by atoms with Gasteiger partial charge in [0.2, 0.25) is 0 Å². The van der Waals surface area contributed by atoms with Crippen LogP contribution < -0.4 is 10.9 Å². The van der Waals surface area contributed by atoms with Crippen molar-refractivity contribution < 1.29 is 0 Å². The maximum absolute atomic E-state index is 11.1. The number of hydrogen-bond acceptors (Lipinski definition) is 3. The Labute approximate surface area is 80.3 Å². The van der Waals surface area contributed by atoms with E-state index in [9.17, 15) is 4.79 Å². The number of H-pyrrole nitrogens is 1. The Bertz CT molecular complexity index is 376. The van der Waals surface area contributed by atoms with Crippen LogP contribution in [0.2, 0.25) is 5.02 Å². The van der Waals surface area contributed by atoms with Crippen LogP contribution in [0.5, 0.6) is 0 Å². The zero-order chi connectivity index (χ0) is 9.42. The van der Waals surface area contributed by atoms with Gasteiger partial charge in [0.25, 0.3) is 5.56 Å². The number of hydrogen-bond donors (Lipinski definition) is 2. The van der Waals surface area contributed by atoms with Crippen LogP contribution in [0.1, 0.15) is 13.3 Å². The van der Waals surface area contributed by atoms with Gasteiger partial charge in [0.1, 0.15) is 5.02 Å². The molecule has 0 spiro atoms. The van der Waals surface area contributed by atoms with Gasteiger partial charge in [-0.15, -0.1) is 0 Å². The minimum Gasteiger partial charge on any atom is -0.366 e. The molecule has 0 bridgehead atoms. The third kappa shape index (κ3) is 1.67. The van der Waals surface area contributed by atoms with Crippen molar-refractivity contribution in [3.63, 3.8) is 0 Å². The van der Waals surface area contributed by atoms with E-state index < -0.39 is 0 Å². The first-order valence-corrected chi connectivity index (χ1v) is 4.56. The molecule has 0 aromatic carbocycles. The SMILES string of the molecule is CC1CC1Nc1nc[nH]c(=O)c1Cl. The summed E-state index contributed by atoms with van der Waals surface area (Å²) in [6.45, 7) is 2.14. The van der Waals surface area contributed by atoms with E-state index in [1.165, 1.54) is 6.33 Å². The molecule has 1 aromatic heterocycles. The standard InChI is InChI=1S/C8H10ClN3O/c1-4-2-5(4)12-7-6(9)8(13)11-3-10-7/h3-5H,2H2,1H3,(H2,10,11,12,13).